The summed E-state index contributed by atoms with van der Waals surface area (Å²) in [7, 11) is 0. The van der Waals surface area contributed by atoms with Gasteiger partial charge < -0.3 is 20.3 Å². The molecule has 0 spiro atoms. The maximum Gasteiger partial charge on any atom is 0.225 e. The first-order valence-electron chi connectivity index (χ1n) is 11.6. The molecule has 0 aromatic rings. The minimum atomic E-state index is 0.0720. The molecule has 1 aliphatic heterocycles. The Balaban J connectivity index is 1.60. The van der Waals surface area contributed by atoms with Gasteiger partial charge in [-0.05, 0) is 45.4 Å². The van der Waals surface area contributed by atoms with Crippen molar-refractivity contribution < 1.29 is 9.53 Å². The Hall–Kier alpha value is -1.30. The number of rotatable bonds is 10. The summed E-state index contributed by atoms with van der Waals surface area (Å²) in [6.45, 7) is 10.2. The fourth-order valence-electron chi connectivity index (χ4n) is 4.02. The van der Waals surface area contributed by atoms with Crippen molar-refractivity contribution in [3.8, 4) is 0 Å². The highest BCUT2D eigenvalue weighted by Crippen LogP contribution is 2.20. The maximum atomic E-state index is 12.1. The van der Waals surface area contributed by atoms with Crippen molar-refractivity contribution in [3.63, 3.8) is 0 Å². The Morgan fingerprint density at radius 2 is 1.93 bits per heavy atom. The summed E-state index contributed by atoms with van der Waals surface area (Å²) in [6.07, 6.45) is 11.5. The first-order chi connectivity index (χ1) is 13.6. The molecule has 1 saturated carbocycles. The van der Waals surface area contributed by atoms with E-state index in [-0.39, 0.29) is 11.8 Å². The lowest BCUT2D eigenvalue weighted by Crippen LogP contribution is -2.45. The highest BCUT2D eigenvalue weighted by molar-refractivity contribution is 5.81. The molecule has 2 rings (SSSR count). The molecule has 2 fully saturated rings. The number of carbonyl (C=O) groups is 1. The second-order valence-electron chi connectivity index (χ2n) is 8.52. The Morgan fingerprint density at radius 1 is 1.14 bits per heavy atom. The molecule has 0 aromatic heterocycles. The topological polar surface area (TPSA) is 66.0 Å². The molecule has 1 atom stereocenters. The minimum Gasteiger partial charge on any atom is -0.378 e. The maximum absolute atomic E-state index is 12.1. The van der Waals surface area contributed by atoms with Gasteiger partial charge in [-0.1, -0.05) is 33.1 Å². The van der Waals surface area contributed by atoms with E-state index >= 15 is 0 Å². The van der Waals surface area contributed by atoms with Crippen molar-refractivity contribution in [2.75, 3.05) is 32.8 Å². The van der Waals surface area contributed by atoms with Crippen LogP contribution in [0.2, 0.25) is 0 Å². The van der Waals surface area contributed by atoms with Crippen molar-refractivity contribution in [2.45, 2.75) is 90.7 Å². The van der Waals surface area contributed by atoms with Gasteiger partial charge in [-0.3, -0.25) is 9.79 Å². The van der Waals surface area contributed by atoms with Gasteiger partial charge in [0.05, 0.1) is 6.10 Å². The quantitative estimate of drug-likeness (QED) is 0.339. The lowest BCUT2D eigenvalue weighted by Gasteiger charge is -2.21. The SMILES string of the molecule is CCNC(=NCCCCCOC1CCCCC1)NC1CCN(C(=O)C(C)C)C1. The largest absolute Gasteiger partial charge is 0.378 e. The highest BCUT2D eigenvalue weighted by atomic mass is 16.5. The van der Waals surface area contributed by atoms with Gasteiger partial charge in [0.1, 0.15) is 0 Å². The van der Waals surface area contributed by atoms with Crippen LogP contribution in [0.1, 0.15) is 78.6 Å². The zero-order valence-corrected chi connectivity index (χ0v) is 18.3. The Kier molecular flexibility index (Phi) is 10.7. The number of ether oxygens (including phenoxy) is 1. The van der Waals surface area contributed by atoms with Gasteiger partial charge in [-0.25, -0.2) is 0 Å². The van der Waals surface area contributed by atoms with E-state index in [1.165, 1.54) is 32.1 Å². The Labute approximate surface area is 171 Å². The molecule has 1 unspecified atom stereocenters. The number of nitrogens with zero attached hydrogens (tertiary/aromatic N) is 2. The number of carbonyl (C=O) groups excluding carboxylic acids is 1. The van der Waals surface area contributed by atoms with Gasteiger partial charge in [0.25, 0.3) is 0 Å². The van der Waals surface area contributed by atoms with Gasteiger partial charge in [0.2, 0.25) is 5.91 Å². The van der Waals surface area contributed by atoms with Gasteiger partial charge >= 0.3 is 0 Å². The predicted molar refractivity (Wildman–Crippen MR) is 116 cm³/mol. The van der Waals surface area contributed by atoms with Crippen LogP contribution in [0.15, 0.2) is 4.99 Å². The number of unbranched alkanes of at least 4 members (excludes halogenated alkanes) is 2. The summed E-state index contributed by atoms with van der Waals surface area (Å²) in [5, 5.41) is 6.84. The average molecular weight is 395 g/mol. The lowest BCUT2D eigenvalue weighted by molar-refractivity contribution is -0.133. The standard InChI is InChI=1S/C22H42N4O2/c1-4-23-22(25-19-13-15-26(17-19)21(27)18(2)3)24-14-9-6-10-16-28-20-11-7-5-8-12-20/h18-20H,4-17H2,1-3H3,(H2,23,24,25). The molecule has 0 bridgehead atoms. The van der Waals surface area contributed by atoms with E-state index in [1.807, 2.05) is 18.7 Å². The number of hydrogen-bond donors (Lipinski definition) is 2. The molecule has 1 amide bonds. The molecule has 1 heterocycles. The molecule has 1 saturated heterocycles. The van der Waals surface area contributed by atoms with E-state index in [1.54, 1.807) is 0 Å². The molecule has 2 aliphatic rings. The van der Waals surface area contributed by atoms with Crippen LogP contribution in [0.3, 0.4) is 0 Å². The van der Waals surface area contributed by atoms with Gasteiger partial charge in [-0.2, -0.15) is 0 Å². The van der Waals surface area contributed by atoms with E-state index in [0.717, 1.165) is 64.4 Å². The van der Waals surface area contributed by atoms with Gasteiger partial charge in [-0.15, -0.1) is 0 Å². The van der Waals surface area contributed by atoms with E-state index in [4.69, 9.17) is 9.73 Å². The molecule has 1 aliphatic carbocycles. The van der Waals surface area contributed by atoms with Crippen LogP contribution >= 0.6 is 0 Å². The highest BCUT2D eigenvalue weighted by Gasteiger charge is 2.27. The zero-order valence-electron chi connectivity index (χ0n) is 18.3. The van der Waals surface area contributed by atoms with Gasteiger partial charge in [0.15, 0.2) is 5.96 Å². The fraction of sp³-hybridized carbons (Fsp3) is 0.909. The van der Waals surface area contributed by atoms with Crippen LogP contribution in [-0.2, 0) is 9.53 Å². The smallest absolute Gasteiger partial charge is 0.225 e. The van der Waals surface area contributed by atoms with E-state index in [9.17, 15) is 4.79 Å². The van der Waals surface area contributed by atoms with E-state index < -0.39 is 0 Å². The molecular weight excluding hydrogens is 352 g/mol. The van der Waals surface area contributed by atoms with Crippen LogP contribution in [0.4, 0.5) is 0 Å². The molecule has 162 valence electrons. The second-order valence-corrected chi connectivity index (χ2v) is 8.52. The number of guanidine groups is 1. The van der Waals surface area contributed by atoms with Crippen molar-refractivity contribution in [3.05, 3.63) is 0 Å². The summed E-state index contributed by atoms with van der Waals surface area (Å²) in [5.41, 5.74) is 0. The lowest BCUT2D eigenvalue weighted by atomic mass is 9.98. The molecule has 28 heavy (non-hydrogen) atoms. The fourth-order valence-corrected chi connectivity index (χ4v) is 4.02. The van der Waals surface area contributed by atoms with E-state index in [2.05, 4.69) is 17.6 Å². The zero-order chi connectivity index (χ0) is 20.2. The van der Waals surface area contributed by atoms with E-state index in [0.29, 0.717) is 12.1 Å². The number of hydrogen-bond acceptors (Lipinski definition) is 3. The third kappa shape index (κ3) is 8.38. The van der Waals surface area contributed by atoms with Crippen molar-refractivity contribution in [1.82, 2.24) is 15.5 Å². The summed E-state index contributed by atoms with van der Waals surface area (Å²) in [4.78, 5) is 18.8. The van der Waals surface area contributed by atoms with Crippen LogP contribution in [0, 0.1) is 5.92 Å². The molecule has 2 N–H and O–H groups in total. The second kappa shape index (κ2) is 13.0. The number of amides is 1. The van der Waals surface area contributed by atoms with Crippen LogP contribution in [0.25, 0.3) is 0 Å². The summed E-state index contributed by atoms with van der Waals surface area (Å²) < 4.78 is 5.99. The first-order valence-corrected chi connectivity index (χ1v) is 11.6. The molecule has 0 aromatic carbocycles. The summed E-state index contributed by atoms with van der Waals surface area (Å²) in [6, 6.07) is 0.296. The Bertz CT molecular complexity index is 475. The Morgan fingerprint density at radius 3 is 2.64 bits per heavy atom. The number of aliphatic imine (C=N–C) groups is 1. The van der Waals surface area contributed by atoms with Crippen molar-refractivity contribution in [1.29, 1.82) is 0 Å². The first kappa shape index (κ1) is 23.0. The summed E-state index contributed by atoms with van der Waals surface area (Å²) in [5.74, 6) is 1.20. The summed E-state index contributed by atoms with van der Waals surface area (Å²) >= 11 is 0. The third-order valence-corrected chi connectivity index (χ3v) is 5.66. The predicted octanol–water partition coefficient (Wildman–Crippen LogP) is 3.32. The van der Waals surface area contributed by atoms with Gasteiger partial charge in [0, 0.05) is 44.7 Å². The van der Waals surface area contributed by atoms with Crippen molar-refractivity contribution in [2.24, 2.45) is 10.9 Å². The number of likely N-dealkylation sites (tertiary alicyclic amines) is 1. The molecule has 6 heteroatoms. The van der Waals surface area contributed by atoms with Crippen LogP contribution in [0.5, 0.6) is 0 Å². The van der Waals surface area contributed by atoms with Crippen LogP contribution < -0.4 is 10.6 Å². The monoisotopic (exact) mass is 394 g/mol. The minimum absolute atomic E-state index is 0.0720. The molecule has 6 nitrogen and oxygen atoms in total. The third-order valence-electron chi connectivity index (χ3n) is 5.66. The molecular formula is C22H42N4O2. The van der Waals surface area contributed by atoms with Crippen molar-refractivity contribution >= 4 is 11.9 Å². The number of nitrogens with one attached hydrogen (secondary N) is 2. The normalized spacial score (nSPS) is 21.4. The molecule has 0 radical (unpaired) electrons. The van der Waals surface area contributed by atoms with Crippen LogP contribution in [-0.4, -0.2) is 61.7 Å². The average Bonchev–Trinajstić information content (AvgIpc) is 3.15.